The number of anilines is 3. The Morgan fingerprint density at radius 2 is 1.81 bits per heavy atom. The zero-order valence-electron chi connectivity index (χ0n) is 16.6. The van der Waals surface area contributed by atoms with Crippen LogP contribution in [0.2, 0.25) is 0 Å². The van der Waals surface area contributed by atoms with E-state index in [0.29, 0.717) is 22.5 Å². The molecule has 7 nitrogen and oxygen atoms in total. The largest absolute Gasteiger partial charge is 0.385 e. The molecule has 0 saturated carbocycles. The van der Waals surface area contributed by atoms with Crippen molar-refractivity contribution in [1.82, 2.24) is 0 Å². The van der Waals surface area contributed by atoms with E-state index >= 15 is 0 Å². The van der Waals surface area contributed by atoms with E-state index in [4.69, 9.17) is 0 Å². The minimum absolute atomic E-state index is 0.0555. The second kappa shape index (κ2) is 7.60. The van der Waals surface area contributed by atoms with Gasteiger partial charge in [-0.15, -0.1) is 0 Å². The van der Waals surface area contributed by atoms with Crippen LogP contribution in [0.25, 0.3) is 11.3 Å². The number of nitrogens with zero attached hydrogens (tertiary/aromatic N) is 1. The van der Waals surface area contributed by atoms with E-state index in [9.17, 15) is 14.9 Å². The number of carbonyl (C=O) groups excluding carboxylic acids is 1. The molecule has 7 heteroatoms. The fraction of sp³-hybridized carbons (Fsp3) is 0.125. The summed E-state index contributed by atoms with van der Waals surface area (Å²) in [5.74, 6) is -0.290. The van der Waals surface area contributed by atoms with Crippen LogP contribution in [0.3, 0.4) is 0 Å². The number of hydrogen-bond donors (Lipinski definition) is 3. The van der Waals surface area contributed by atoms with Crippen LogP contribution in [-0.4, -0.2) is 17.4 Å². The van der Waals surface area contributed by atoms with Crippen molar-refractivity contribution >= 4 is 39.9 Å². The Kier molecular flexibility index (Phi) is 4.63. The third-order valence-electron chi connectivity index (χ3n) is 5.58. The number of nitro groups is 1. The lowest BCUT2D eigenvalue weighted by Crippen LogP contribution is -2.13. The molecule has 0 fully saturated rings. The van der Waals surface area contributed by atoms with Gasteiger partial charge in [0.15, 0.2) is 0 Å². The first-order chi connectivity index (χ1) is 15.1. The van der Waals surface area contributed by atoms with Gasteiger partial charge in [0.25, 0.3) is 11.6 Å². The van der Waals surface area contributed by atoms with Gasteiger partial charge < -0.3 is 16.0 Å². The zero-order chi connectivity index (χ0) is 21.4. The molecule has 31 heavy (non-hydrogen) atoms. The van der Waals surface area contributed by atoms with Crippen LogP contribution in [0.1, 0.15) is 23.1 Å². The maximum Gasteiger partial charge on any atom is 0.270 e. The normalized spacial score (nSPS) is 15.9. The summed E-state index contributed by atoms with van der Waals surface area (Å²) in [6.07, 6.45) is 2.06. The molecule has 1 amide bonds. The average Bonchev–Trinajstić information content (AvgIpc) is 3.12. The van der Waals surface area contributed by atoms with Crippen molar-refractivity contribution in [2.75, 3.05) is 22.5 Å². The molecule has 0 spiro atoms. The van der Waals surface area contributed by atoms with E-state index in [2.05, 4.69) is 22.0 Å². The van der Waals surface area contributed by atoms with Crippen molar-refractivity contribution in [1.29, 1.82) is 0 Å². The number of nitro benzene ring substituents is 1. The van der Waals surface area contributed by atoms with Gasteiger partial charge in [-0.05, 0) is 48.2 Å². The molecule has 0 radical (unpaired) electrons. The summed E-state index contributed by atoms with van der Waals surface area (Å²) in [5, 5.41) is 21.0. The number of aryl methyl sites for hydroxylation is 1. The zero-order valence-corrected chi connectivity index (χ0v) is 16.6. The topological polar surface area (TPSA) is 96.3 Å². The second-order valence-electron chi connectivity index (χ2n) is 7.58. The second-order valence-corrected chi connectivity index (χ2v) is 7.58. The summed E-state index contributed by atoms with van der Waals surface area (Å²) < 4.78 is 0. The molecule has 0 aromatic heterocycles. The number of benzene rings is 3. The molecule has 3 aromatic rings. The number of fused-ring (bicyclic) bond motifs is 2. The van der Waals surface area contributed by atoms with E-state index in [1.807, 2.05) is 42.5 Å². The van der Waals surface area contributed by atoms with Crippen molar-refractivity contribution in [3.63, 3.8) is 0 Å². The summed E-state index contributed by atoms with van der Waals surface area (Å²) in [5.41, 5.74) is 6.07. The molecule has 3 aromatic carbocycles. The lowest BCUT2D eigenvalue weighted by molar-refractivity contribution is -0.384. The first-order valence-corrected chi connectivity index (χ1v) is 10.1. The van der Waals surface area contributed by atoms with Gasteiger partial charge in [0.2, 0.25) is 0 Å². The van der Waals surface area contributed by atoms with Gasteiger partial charge in [0.05, 0.1) is 16.2 Å². The maximum absolute atomic E-state index is 13.0. The molecule has 154 valence electrons. The predicted octanol–water partition coefficient (Wildman–Crippen LogP) is 4.89. The minimum Gasteiger partial charge on any atom is -0.385 e. The smallest absolute Gasteiger partial charge is 0.270 e. The molecule has 3 N–H and O–H groups in total. The van der Waals surface area contributed by atoms with E-state index in [0.717, 1.165) is 36.3 Å². The SMILES string of the molecule is O=C1Nc2ccc([N+](=O)[O-])cc2C1=C(Nc1ccc2c(c1)CCCN2)c1ccccc1. The number of non-ortho nitro benzene ring substituents is 1. The summed E-state index contributed by atoms with van der Waals surface area (Å²) in [6.45, 7) is 0.967. The van der Waals surface area contributed by atoms with Crippen LogP contribution in [0.5, 0.6) is 0 Å². The molecular weight excluding hydrogens is 392 g/mol. The first kappa shape index (κ1) is 18.9. The number of rotatable bonds is 4. The highest BCUT2D eigenvalue weighted by molar-refractivity contribution is 6.37. The Balaban J connectivity index is 1.66. The van der Waals surface area contributed by atoms with Gasteiger partial charge in [-0.3, -0.25) is 14.9 Å². The Morgan fingerprint density at radius 3 is 2.61 bits per heavy atom. The molecule has 0 saturated heterocycles. The van der Waals surface area contributed by atoms with E-state index in [-0.39, 0.29) is 11.6 Å². The Morgan fingerprint density at radius 1 is 1.00 bits per heavy atom. The van der Waals surface area contributed by atoms with Crippen molar-refractivity contribution in [3.8, 4) is 0 Å². The number of carbonyl (C=O) groups is 1. The van der Waals surface area contributed by atoms with Crippen molar-refractivity contribution in [2.45, 2.75) is 12.8 Å². The van der Waals surface area contributed by atoms with Crippen LogP contribution in [-0.2, 0) is 11.2 Å². The Bertz CT molecular complexity index is 1230. The standard InChI is InChI=1S/C24H20N4O3/c29-24-22(19-14-18(28(30)31)9-11-21(19)27-24)23(15-5-2-1-3-6-15)26-17-8-10-20-16(13-17)7-4-12-25-20/h1-3,5-6,8-11,13-14,25-26H,4,7,12H2,(H,27,29). The van der Waals surface area contributed by atoms with E-state index in [1.54, 1.807) is 6.07 Å². The van der Waals surface area contributed by atoms with Crippen molar-refractivity contribution in [2.24, 2.45) is 0 Å². The van der Waals surface area contributed by atoms with Gasteiger partial charge in [-0.2, -0.15) is 0 Å². The van der Waals surface area contributed by atoms with Crippen molar-refractivity contribution in [3.05, 3.63) is 93.5 Å². The Hall–Kier alpha value is -4.13. The van der Waals surface area contributed by atoms with Crippen LogP contribution in [0.15, 0.2) is 66.7 Å². The monoisotopic (exact) mass is 412 g/mol. The van der Waals surface area contributed by atoms with Crippen LogP contribution in [0, 0.1) is 10.1 Å². The van der Waals surface area contributed by atoms with Gasteiger partial charge in [0.1, 0.15) is 0 Å². The number of amides is 1. The Labute approximate surface area is 178 Å². The third kappa shape index (κ3) is 3.50. The fourth-order valence-electron chi connectivity index (χ4n) is 4.10. The highest BCUT2D eigenvalue weighted by atomic mass is 16.6. The molecular formula is C24H20N4O3. The number of hydrogen-bond acceptors (Lipinski definition) is 5. The lowest BCUT2D eigenvalue weighted by atomic mass is 9.99. The molecule has 0 aliphatic carbocycles. The summed E-state index contributed by atoms with van der Waals surface area (Å²) >= 11 is 0. The molecule has 0 atom stereocenters. The third-order valence-corrected chi connectivity index (χ3v) is 5.58. The highest BCUT2D eigenvalue weighted by Gasteiger charge is 2.30. The van der Waals surface area contributed by atoms with Gasteiger partial charge in [0, 0.05) is 41.3 Å². The molecule has 0 bridgehead atoms. The highest BCUT2D eigenvalue weighted by Crippen LogP contribution is 2.39. The summed E-state index contributed by atoms with van der Waals surface area (Å²) in [6, 6.07) is 20.1. The molecule has 2 heterocycles. The van der Waals surface area contributed by atoms with Crippen LogP contribution < -0.4 is 16.0 Å². The molecule has 5 rings (SSSR count). The van der Waals surface area contributed by atoms with Crippen molar-refractivity contribution < 1.29 is 9.72 Å². The summed E-state index contributed by atoms with van der Waals surface area (Å²) in [4.78, 5) is 23.8. The lowest BCUT2D eigenvalue weighted by Gasteiger charge is -2.20. The quantitative estimate of drug-likeness (QED) is 0.322. The minimum atomic E-state index is -0.452. The number of nitrogens with one attached hydrogen (secondary N) is 3. The maximum atomic E-state index is 13.0. The predicted molar refractivity (Wildman–Crippen MR) is 122 cm³/mol. The molecule has 0 unspecified atom stereocenters. The van der Waals surface area contributed by atoms with Gasteiger partial charge >= 0.3 is 0 Å². The fourth-order valence-corrected chi connectivity index (χ4v) is 4.10. The summed E-state index contributed by atoms with van der Waals surface area (Å²) in [7, 11) is 0. The van der Waals surface area contributed by atoms with Crippen LogP contribution in [0.4, 0.5) is 22.7 Å². The van der Waals surface area contributed by atoms with E-state index in [1.165, 1.54) is 17.7 Å². The van der Waals surface area contributed by atoms with Gasteiger partial charge in [-0.25, -0.2) is 0 Å². The van der Waals surface area contributed by atoms with E-state index < -0.39 is 4.92 Å². The van der Waals surface area contributed by atoms with Crippen LogP contribution >= 0.6 is 0 Å². The molecule has 2 aliphatic heterocycles. The first-order valence-electron chi connectivity index (χ1n) is 10.1. The average molecular weight is 412 g/mol. The van der Waals surface area contributed by atoms with Gasteiger partial charge in [-0.1, -0.05) is 30.3 Å². The molecule has 2 aliphatic rings.